The van der Waals surface area contributed by atoms with E-state index in [-0.39, 0.29) is 11.9 Å². The third kappa shape index (κ3) is 2.93. The maximum Gasteiger partial charge on any atom is 0.228 e. The Balaban J connectivity index is 1.71. The first kappa shape index (κ1) is 14.1. The summed E-state index contributed by atoms with van der Waals surface area (Å²) < 4.78 is 5.26. The van der Waals surface area contributed by atoms with Crippen LogP contribution in [0.1, 0.15) is 25.5 Å². The largest absolute Gasteiger partial charge is 0.356 e. The second-order valence-corrected chi connectivity index (χ2v) is 5.90. The molecule has 3 rings (SSSR count). The Morgan fingerprint density at radius 1 is 1.52 bits per heavy atom. The van der Waals surface area contributed by atoms with Gasteiger partial charge in [0.2, 0.25) is 5.91 Å². The highest BCUT2D eigenvalue weighted by Crippen LogP contribution is 2.22. The molecule has 0 bridgehead atoms. The molecule has 2 unspecified atom stereocenters. The van der Waals surface area contributed by atoms with Crippen molar-refractivity contribution < 1.29 is 9.32 Å². The number of carbonyl (C=O) groups excluding carboxylic acids is 1. The van der Waals surface area contributed by atoms with Crippen LogP contribution in [-0.2, 0) is 11.2 Å². The molecule has 2 aromatic rings. The van der Waals surface area contributed by atoms with Crippen LogP contribution in [0.5, 0.6) is 0 Å². The van der Waals surface area contributed by atoms with Crippen molar-refractivity contribution in [2.24, 2.45) is 11.7 Å². The Morgan fingerprint density at radius 2 is 2.33 bits per heavy atom. The van der Waals surface area contributed by atoms with E-state index >= 15 is 0 Å². The van der Waals surface area contributed by atoms with Gasteiger partial charge in [-0.25, -0.2) is 0 Å². The van der Waals surface area contributed by atoms with E-state index < -0.39 is 0 Å². The summed E-state index contributed by atoms with van der Waals surface area (Å²) >= 11 is 0. The molecule has 2 N–H and O–H groups in total. The molecule has 1 aliphatic heterocycles. The molecule has 0 saturated carbocycles. The number of hydrogen-bond acceptors (Lipinski definition) is 4. The number of piperidine rings is 1. The van der Waals surface area contributed by atoms with Crippen LogP contribution in [-0.4, -0.2) is 35.1 Å². The monoisotopic (exact) mass is 287 g/mol. The molecule has 0 radical (unpaired) electrons. The Labute approximate surface area is 124 Å². The average Bonchev–Trinajstić information content (AvgIpc) is 2.91. The number of likely N-dealkylation sites (tertiary alicyclic amines) is 1. The van der Waals surface area contributed by atoms with Gasteiger partial charge in [-0.1, -0.05) is 17.3 Å². The third-order valence-corrected chi connectivity index (χ3v) is 4.32. The Bertz CT molecular complexity index is 635. The van der Waals surface area contributed by atoms with Gasteiger partial charge < -0.3 is 15.2 Å². The molecule has 1 amide bonds. The van der Waals surface area contributed by atoms with Crippen molar-refractivity contribution in [1.29, 1.82) is 0 Å². The van der Waals surface area contributed by atoms with Gasteiger partial charge in [-0.3, -0.25) is 4.79 Å². The van der Waals surface area contributed by atoms with Gasteiger partial charge >= 0.3 is 0 Å². The summed E-state index contributed by atoms with van der Waals surface area (Å²) in [5.74, 6) is 0.510. The van der Waals surface area contributed by atoms with E-state index in [1.165, 1.54) is 0 Å². The molecule has 0 spiro atoms. The lowest BCUT2D eigenvalue weighted by Crippen LogP contribution is -2.45. The molecule has 0 aliphatic carbocycles. The van der Waals surface area contributed by atoms with Crippen molar-refractivity contribution in [3.05, 3.63) is 30.0 Å². The molecule has 2 atom stereocenters. The van der Waals surface area contributed by atoms with Crippen molar-refractivity contribution >= 4 is 16.9 Å². The quantitative estimate of drug-likeness (QED) is 0.936. The van der Waals surface area contributed by atoms with Crippen LogP contribution in [0.4, 0.5) is 0 Å². The molecule has 21 heavy (non-hydrogen) atoms. The number of benzene rings is 1. The molecular formula is C16H21N3O2. The van der Waals surface area contributed by atoms with Crippen molar-refractivity contribution in [1.82, 2.24) is 10.1 Å². The van der Waals surface area contributed by atoms with Crippen molar-refractivity contribution in [2.45, 2.75) is 32.2 Å². The maximum absolute atomic E-state index is 12.5. The Morgan fingerprint density at radius 3 is 3.14 bits per heavy atom. The van der Waals surface area contributed by atoms with Gasteiger partial charge in [0.25, 0.3) is 0 Å². The van der Waals surface area contributed by atoms with Crippen molar-refractivity contribution in [2.75, 3.05) is 13.1 Å². The highest BCUT2D eigenvalue weighted by molar-refractivity contribution is 5.86. The third-order valence-electron chi connectivity index (χ3n) is 4.32. The SMILES string of the molecule is CC(N)C1CCCN(C(=O)Cc2noc3ccccc23)C1. The van der Waals surface area contributed by atoms with E-state index in [2.05, 4.69) is 5.16 Å². The molecule has 5 heteroatoms. The van der Waals surface area contributed by atoms with Crippen LogP contribution >= 0.6 is 0 Å². The zero-order chi connectivity index (χ0) is 14.8. The summed E-state index contributed by atoms with van der Waals surface area (Å²) in [6.07, 6.45) is 2.43. The molecular weight excluding hydrogens is 266 g/mol. The smallest absolute Gasteiger partial charge is 0.228 e. The number of fused-ring (bicyclic) bond motifs is 1. The van der Waals surface area contributed by atoms with Crippen LogP contribution in [0.2, 0.25) is 0 Å². The van der Waals surface area contributed by atoms with Gasteiger partial charge in [0.15, 0.2) is 5.58 Å². The lowest BCUT2D eigenvalue weighted by molar-refractivity contribution is -0.132. The second kappa shape index (κ2) is 5.85. The van der Waals surface area contributed by atoms with E-state index in [4.69, 9.17) is 10.3 Å². The first-order valence-electron chi connectivity index (χ1n) is 7.52. The zero-order valence-electron chi connectivity index (χ0n) is 12.3. The lowest BCUT2D eigenvalue weighted by atomic mass is 9.92. The number of nitrogens with two attached hydrogens (primary N) is 1. The number of rotatable bonds is 3. The van der Waals surface area contributed by atoms with E-state index in [0.717, 1.165) is 42.6 Å². The lowest BCUT2D eigenvalue weighted by Gasteiger charge is -2.34. The van der Waals surface area contributed by atoms with Gasteiger partial charge in [0.1, 0.15) is 5.69 Å². The van der Waals surface area contributed by atoms with Crippen LogP contribution < -0.4 is 5.73 Å². The van der Waals surface area contributed by atoms with E-state index in [1.807, 2.05) is 36.1 Å². The first-order chi connectivity index (χ1) is 10.1. The molecule has 5 nitrogen and oxygen atoms in total. The van der Waals surface area contributed by atoms with Gasteiger partial charge in [0.05, 0.1) is 6.42 Å². The van der Waals surface area contributed by atoms with Crippen molar-refractivity contribution in [3.63, 3.8) is 0 Å². The minimum absolute atomic E-state index is 0.111. The van der Waals surface area contributed by atoms with Crippen molar-refractivity contribution in [3.8, 4) is 0 Å². The maximum atomic E-state index is 12.5. The topological polar surface area (TPSA) is 72.4 Å². The standard InChI is InChI=1S/C16H21N3O2/c1-11(17)12-5-4-8-19(10-12)16(20)9-14-13-6-2-3-7-15(13)21-18-14/h2-3,6-7,11-12H,4-5,8-10,17H2,1H3. The molecule has 1 aliphatic rings. The van der Waals surface area contributed by atoms with E-state index in [0.29, 0.717) is 12.3 Å². The molecule has 1 aromatic carbocycles. The second-order valence-electron chi connectivity index (χ2n) is 5.90. The summed E-state index contributed by atoms with van der Waals surface area (Å²) in [5, 5.41) is 4.96. The minimum atomic E-state index is 0.111. The van der Waals surface area contributed by atoms with Gasteiger partial charge in [-0.2, -0.15) is 0 Å². The Kier molecular flexibility index (Phi) is 3.92. The number of amides is 1. The van der Waals surface area contributed by atoms with Crippen LogP contribution in [0.3, 0.4) is 0 Å². The van der Waals surface area contributed by atoms with Crippen LogP contribution in [0.15, 0.2) is 28.8 Å². The normalized spacial score (nSPS) is 20.7. The fourth-order valence-electron chi connectivity index (χ4n) is 2.99. The van der Waals surface area contributed by atoms with Gasteiger partial charge in [-0.05, 0) is 37.8 Å². The number of hydrogen-bond donors (Lipinski definition) is 1. The fourth-order valence-corrected chi connectivity index (χ4v) is 2.99. The Hall–Kier alpha value is -1.88. The fraction of sp³-hybridized carbons (Fsp3) is 0.500. The molecule has 1 aromatic heterocycles. The van der Waals surface area contributed by atoms with Crippen LogP contribution in [0, 0.1) is 5.92 Å². The first-order valence-corrected chi connectivity index (χ1v) is 7.52. The number of nitrogens with zero attached hydrogens (tertiary/aromatic N) is 2. The molecule has 2 heterocycles. The molecule has 1 saturated heterocycles. The highest BCUT2D eigenvalue weighted by atomic mass is 16.5. The van der Waals surface area contributed by atoms with Crippen LogP contribution in [0.25, 0.3) is 11.0 Å². The molecule has 1 fully saturated rings. The van der Waals surface area contributed by atoms with Gasteiger partial charge in [0, 0.05) is 24.5 Å². The predicted octanol–water partition coefficient (Wildman–Crippen LogP) is 1.96. The van der Waals surface area contributed by atoms with E-state index in [1.54, 1.807) is 0 Å². The predicted molar refractivity (Wildman–Crippen MR) is 80.7 cm³/mol. The summed E-state index contributed by atoms with van der Waals surface area (Å²) in [6.45, 7) is 3.59. The summed E-state index contributed by atoms with van der Waals surface area (Å²) in [4.78, 5) is 14.4. The average molecular weight is 287 g/mol. The minimum Gasteiger partial charge on any atom is -0.356 e. The highest BCUT2D eigenvalue weighted by Gasteiger charge is 2.26. The van der Waals surface area contributed by atoms with E-state index in [9.17, 15) is 4.79 Å². The number of aromatic nitrogens is 1. The summed E-state index contributed by atoms with van der Waals surface area (Å²) in [6, 6.07) is 7.77. The number of carbonyl (C=O) groups is 1. The molecule has 112 valence electrons. The van der Waals surface area contributed by atoms with Gasteiger partial charge in [-0.15, -0.1) is 0 Å². The summed E-state index contributed by atoms with van der Waals surface area (Å²) in [5.41, 5.74) is 7.42. The number of para-hydroxylation sites is 1. The summed E-state index contributed by atoms with van der Waals surface area (Å²) in [7, 11) is 0. The zero-order valence-corrected chi connectivity index (χ0v) is 12.3.